The van der Waals surface area contributed by atoms with Gasteiger partial charge >= 0.3 is 0 Å². The van der Waals surface area contributed by atoms with E-state index in [9.17, 15) is 4.79 Å². The largest absolute Gasteiger partial charge is 0.381 e. The van der Waals surface area contributed by atoms with Gasteiger partial charge in [0.25, 0.3) is 0 Å². The molecule has 88 valence electrons. The predicted octanol–water partition coefficient (Wildman–Crippen LogP) is 1.11. The van der Waals surface area contributed by atoms with Gasteiger partial charge in [0.05, 0.1) is 11.7 Å². The van der Waals surface area contributed by atoms with Gasteiger partial charge < -0.3 is 15.8 Å². The van der Waals surface area contributed by atoms with Crippen molar-refractivity contribution in [3.05, 3.63) is 21.9 Å². The molecule has 5 heteroatoms. The van der Waals surface area contributed by atoms with Gasteiger partial charge in [0.15, 0.2) is 0 Å². The molecule has 0 aromatic carbocycles. The number of nitrogens with two attached hydrogens (primary N) is 1. The van der Waals surface area contributed by atoms with E-state index < -0.39 is 0 Å². The summed E-state index contributed by atoms with van der Waals surface area (Å²) in [5.74, 6) is -0.356. The molecule has 1 aromatic rings. The van der Waals surface area contributed by atoms with E-state index in [1.54, 1.807) is 23.8 Å². The number of carbonyl (C=O) groups excluding carboxylic acids is 1. The van der Waals surface area contributed by atoms with E-state index in [2.05, 4.69) is 5.32 Å². The van der Waals surface area contributed by atoms with Gasteiger partial charge in [0, 0.05) is 30.0 Å². The first kappa shape index (κ1) is 11.6. The molecule has 0 radical (unpaired) electrons. The maximum absolute atomic E-state index is 10.9. The second-order valence-corrected chi connectivity index (χ2v) is 5.07. The summed E-state index contributed by atoms with van der Waals surface area (Å²) in [6.07, 6.45) is 2.57. The van der Waals surface area contributed by atoms with E-state index in [1.165, 1.54) is 0 Å². The van der Waals surface area contributed by atoms with Crippen LogP contribution in [0.1, 0.15) is 28.1 Å². The minimum absolute atomic E-state index is 0.356. The highest BCUT2D eigenvalue weighted by Crippen LogP contribution is 2.23. The summed E-state index contributed by atoms with van der Waals surface area (Å²) in [6, 6.07) is 2.40. The fourth-order valence-electron chi connectivity index (χ4n) is 1.77. The molecular weight excluding hydrogens is 224 g/mol. The van der Waals surface area contributed by atoms with Gasteiger partial charge in [0.1, 0.15) is 0 Å². The van der Waals surface area contributed by atoms with Gasteiger partial charge in [-0.2, -0.15) is 0 Å². The lowest BCUT2D eigenvalue weighted by Gasteiger charge is -2.34. The van der Waals surface area contributed by atoms with E-state index in [0.717, 1.165) is 24.3 Å². The van der Waals surface area contributed by atoms with Gasteiger partial charge in [-0.25, -0.2) is 0 Å². The number of primary amides is 1. The molecule has 4 nitrogen and oxygen atoms in total. The molecule has 1 aliphatic carbocycles. The zero-order chi connectivity index (χ0) is 11.5. The Morgan fingerprint density at radius 3 is 3.00 bits per heavy atom. The number of rotatable bonds is 5. The Bertz CT molecular complexity index is 372. The molecule has 0 atom stereocenters. The zero-order valence-corrected chi connectivity index (χ0v) is 10.0. The van der Waals surface area contributed by atoms with E-state index >= 15 is 0 Å². The Balaban J connectivity index is 1.75. The first-order chi connectivity index (χ1) is 7.69. The summed E-state index contributed by atoms with van der Waals surface area (Å²) < 4.78 is 5.21. The van der Waals surface area contributed by atoms with Crippen LogP contribution in [0.2, 0.25) is 0 Å². The molecule has 1 aliphatic rings. The molecule has 1 fully saturated rings. The minimum Gasteiger partial charge on any atom is -0.381 e. The van der Waals surface area contributed by atoms with Gasteiger partial charge in [-0.15, -0.1) is 11.3 Å². The number of hydrogen-bond acceptors (Lipinski definition) is 4. The lowest BCUT2D eigenvalue weighted by molar-refractivity contribution is 0.0170. The normalized spacial score (nSPS) is 24.1. The summed E-state index contributed by atoms with van der Waals surface area (Å²) in [4.78, 5) is 12.0. The van der Waals surface area contributed by atoms with Crippen LogP contribution in [0, 0.1) is 0 Å². The summed E-state index contributed by atoms with van der Waals surface area (Å²) in [6.45, 7) is 0.805. The number of amides is 1. The SMILES string of the molecule is COC1CC(NCc2cc(C(N)=O)cs2)C1. The third-order valence-corrected chi connectivity index (χ3v) is 3.87. The number of thiophene rings is 1. The fraction of sp³-hybridized carbons (Fsp3) is 0.545. The summed E-state index contributed by atoms with van der Waals surface area (Å²) in [5, 5.41) is 5.23. The van der Waals surface area contributed by atoms with Crippen molar-refractivity contribution >= 4 is 17.2 Å². The second kappa shape index (κ2) is 4.95. The van der Waals surface area contributed by atoms with E-state index in [4.69, 9.17) is 10.5 Å². The predicted molar refractivity (Wildman–Crippen MR) is 63.5 cm³/mol. The second-order valence-electron chi connectivity index (χ2n) is 4.07. The third kappa shape index (κ3) is 2.61. The van der Waals surface area contributed by atoms with Crippen LogP contribution in [0.4, 0.5) is 0 Å². The highest BCUT2D eigenvalue weighted by Gasteiger charge is 2.28. The molecule has 16 heavy (non-hydrogen) atoms. The quantitative estimate of drug-likeness (QED) is 0.810. The average molecular weight is 240 g/mol. The van der Waals surface area contributed by atoms with Gasteiger partial charge in [-0.1, -0.05) is 0 Å². The standard InChI is InChI=1S/C11H16N2O2S/c1-15-9-3-8(4-9)13-5-10-2-7(6-16-10)11(12)14/h2,6,8-9,13H,3-5H2,1H3,(H2,12,14). The van der Waals surface area contributed by atoms with Crippen molar-refractivity contribution in [2.45, 2.75) is 31.5 Å². The van der Waals surface area contributed by atoms with Crippen molar-refractivity contribution in [3.8, 4) is 0 Å². The molecule has 1 heterocycles. The number of ether oxygens (including phenoxy) is 1. The van der Waals surface area contributed by atoms with Crippen LogP contribution in [0.25, 0.3) is 0 Å². The molecule has 1 aromatic heterocycles. The smallest absolute Gasteiger partial charge is 0.249 e. The third-order valence-electron chi connectivity index (χ3n) is 2.93. The number of methoxy groups -OCH3 is 1. The molecule has 2 rings (SSSR count). The summed E-state index contributed by atoms with van der Waals surface area (Å²) in [7, 11) is 1.75. The Labute approximate surface area is 98.8 Å². The van der Waals surface area contributed by atoms with Crippen molar-refractivity contribution in [1.29, 1.82) is 0 Å². The van der Waals surface area contributed by atoms with Crippen LogP contribution >= 0.6 is 11.3 Å². The number of hydrogen-bond donors (Lipinski definition) is 2. The van der Waals surface area contributed by atoms with Crippen LogP contribution < -0.4 is 11.1 Å². The van der Waals surface area contributed by atoms with E-state index in [0.29, 0.717) is 17.7 Å². The number of nitrogens with one attached hydrogen (secondary N) is 1. The lowest BCUT2D eigenvalue weighted by atomic mass is 9.89. The molecule has 3 N–H and O–H groups in total. The molecule has 0 spiro atoms. The average Bonchev–Trinajstić information content (AvgIpc) is 2.64. The molecule has 0 saturated heterocycles. The Morgan fingerprint density at radius 1 is 1.69 bits per heavy atom. The first-order valence-corrected chi connectivity index (χ1v) is 6.20. The van der Waals surface area contributed by atoms with Crippen molar-refractivity contribution < 1.29 is 9.53 Å². The highest BCUT2D eigenvalue weighted by atomic mass is 32.1. The minimum atomic E-state index is -0.356. The molecule has 0 unspecified atom stereocenters. The summed E-state index contributed by atoms with van der Waals surface area (Å²) in [5.41, 5.74) is 5.79. The Hall–Kier alpha value is -0.910. The van der Waals surface area contributed by atoms with Gasteiger partial charge in [-0.3, -0.25) is 4.79 Å². The zero-order valence-electron chi connectivity index (χ0n) is 9.23. The Morgan fingerprint density at radius 2 is 2.44 bits per heavy atom. The number of carbonyl (C=O) groups is 1. The Kier molecular flexibility index (Phi) is 3.58. The maximum Gasteiger partial charge on any atom is 0.249 e. The highest BCUT2D eigenvalue weighted by molar-refractivity contribution is 7.10. The lowest BCUT2D eigenvalue weighted by Crippen LogP contribution is -2.44. The fourth-order valence-corrected chi connectivity index (χ4v) is 2.60. The van der Waals surface area contributed by atoms with E-state index in [-0.39, 0.29) is 5.91 Å². The molecule has 1 amide bonds. The van der Waals surface area contributed by atoms with Crippen molar-refractivity contribution in [2.24, 2.45) is 5.73 Å². The van der Waals surface area contributed by atoms with Crippen molar-refractivity contribution in [1.82, 2.24) is 5.32 Å². The van der Waals surface area contributed by atoms with Crippen LogP contribution in [0.15, 0.2) is 11.4 Å². The molecule has 0 aliphatic heterocycles. The molecule has 0 bridgehead atoms. The van der Waals surface area contributed by atoms with Crippen LogP contribution in [-0.4, -0.2) is 25.2 Å². The van der Waals surface area contributed by atoms with Crippen molar-refractivity contribution in [3.63, 3.8) is 0 Å². The monoisotopic (exact) mass is 240 g/mol. The van der Waals surface area contributed by atoms with Crippen LogP contribution in [-0.2, 0) is 11.3 Å². The van der Waals surface area contributed by atoms with Crippen LogP contribution in [0.3, 0.4) is 0 Å². The molecular formula is C11H16N2O2S. The van der Waals surface area contributed by atoms with Crippen molar-refractivity contribution in [2.75, 3.05) is 7.11 Å². The van der Waals surface area contributed by atoms with Crippen LogP contribution in [0.5, 0.6) is 0 Å². The van der Waals surface area contributed by atoms with E-state index in [1.807, 2.05) is 6.07 Å². The maximum atomic E-state index is 10.9. The summed E-state index contributed by atoms with van der Waals surface area (Å²) >= 11 is 1.57. The van der Waals surface area contributed by atoms with Gasteiger partial charge in [-0.05, 0) is 18.9 Å². The van der Waals surface area contributed by atoms with Gasteiger partial charge in [0.2, 0.25) is 5.91 Å². The first-order valence-electron chi connectivity index (χ1n) is 5.32. The topological polar surface area (TPSA) is 64.3 Å². The molecule has 1 saturated carbocycles.